The second kappa shape index (κ2) is 6.55. The molecule has 1 aliphatic rings. The smallest absolute Gasteiger partial charge is 0.0771 e. The van der Waals surface area contributed by atoms with Gasteiger partial charge in [0.05, 0.1) is 5.60 Å². The quantitative estimate of drug-likeness (QED) is 0.804. The Morgan fingerprint density at radius 3 is 2.44 bits per heavy atom. The van der Waals surface area contributed by atoms with E-state index in [0.29, 0.717) is 0 Å². The number of hydrogen-bond acceptors (Lipinski definition) is 2. The lowest BCUT2D eigenvalue weighted by Crippen LogP contribution is -2.42. The topological polar surface area (TPSA) is 32.3 Å². The van der Waals surface area contributed by atoms with Gasteiger partial charge >= 0.3 is 0 Å². The van der Waals surface area contributed by atoms with E-state index in [1.807, 2.05) is 12.1 Å². The molecule has 0 atom stereocenters. The van der Waals surface area contributed by atoms with Gasteiger partial charge in [-0.15, -0.1) is 0 Å². The minimum atomic E-state index is -0.460. The predicted molar refractivity (Wildman–Crippen MR) is 76.1 cm³/mol. The van der Waals surface area contributed by atoms with E-state index in [2.05, 4.69) is 17.4 Å². The first-order valence-electron chi connectivity index (χ1n) is 6.86. The molecule has 1 fully saturated rings. The SMILES string of the molecule is OC1(CNCCc2ccc(Cl)cc2)CCCCC1. The van der Waals surface area contributed by atoms with Gasteiger partial charge in [0, 0.05) is 11.6 Å². The van der Waals surface area contributed by atoms with Crippen molar-refractivity contribution in [2.75, 3.05) is 13.1 Å². The zero-order chi connectivity index (χ0) is 12.8. The standard InChI is InChI=1S/C15H22ClNO/c16-14-6-4-13(5-7-14)8-11-17-12-15(18)9-2-1-3-10-15/h4-7,17-18H,1-3,8-12H2. The summed E-state index contributed by atoms with van der Waals surface area (Å²) in [5.41, 5.74) is 0.820. The number of hydrogen-bond donors (Lipinski definition) is 2. The van der Waals surface area contributed by atoms with Gasteiger partial charge in [-0.05, 0) is 43.5 Å². The monoisotopic (exact) mass is 267 g/mol. The van der Waals surface area contributed by atoms with Gasteiger partial charge in [0.25, 0.3) is 0 Å². The number of rotatable bonds is 5. The van der Waals surface area contributed by atoms with Crippen molar-refractivity contribution in [2.45, 2.75) is 44.1 Å². The van der Waals surface area contributed by atoms with Crippen LogP contribution in [-0.4, -0.2) is 23.8 Å². The van der Waals surface area contributed by atoms with Crippen molar-refractivity contribution in [1.82, 2.24) is 5.32 Å². The van der Waals surface area contributed by atoms with Crippen molar-refractivity contribution in [2.24, 2.45) is 0 Å². The second-order valence-electron chi connectivity index (χ2n) is 5.34. The molecule has 2 nitrogen and oxygen atoms in total. The molecule has 0 spiro atoms. The van der Waals surface area contributed by atoms with Crippen molar-refractivity contribution in [1.29, 1.82) is 0 Å². The summed E-state index contributed by atoms with van der Waals surface area (Å²) in [5.74, 6) is 0. The van der Waals surface area contributed by atoms with Crippen LogP contribution < -0.4 is 5.32 Å². The van der Waals surface area contributed by atoms with Gasteiger partial charge in [0.1, 0.15) is 0 Å². The highest BCUT2D eigenvalue weighted by molar-refractivity contribution is 6.30. The highest BCUT2D eigenvalue weighted by atomic mass is 35.5. The normalized spacial score (nSPS) is 18.8. The Morgan fingerprint density at radius 1 is 1.11 bits per heavy atom. The summed E-state index contributed by atoms with van der Waals surface area (Å²) in [6.07, 6.45) is 6.47. The number of halogens is 1. The van der Waals surface area contributed by atoms with Gasteiger partial charge in [-0.2, -0.15) is 0 Å². The first-order chi connectivity index (χ1) is 8.68. The van der Waals surface area contributed by atoms with Crippen molar-refractivity contribution in [3.05, 3.63) is 34.9 Å². The van der Waals surface area contributed by atoms with Crippen LogP contribution in [0.2, 0.25) is 5.02 Å². The summed E-state index contributed by atoms with van der Waals surface area (Å²) < 4.78 is 0. The van der Waals surface area contributed by atoms with Crippen LogP contribution in [0, 0.1) is 0 Å². The molecular formula is C15H22ClNO. The molecule has 0 bridgehead atoms. The molecule has 0 saturated heterocycles. The van der Waals surface area contributed by atoms with Gasteiger partial charge in [-0.1, -0.05) is 43.0 Å². The molecule has 2 rings (SSSR count). The van der Waals surface area contributed by atoms with E-state index < -0.39 is 5.60 Å². The van der Waals surface area contributed by atoms with E-state index in [4.69, 9.17) is 11.6 Å². The molecule has 0 heterocycles. The molecule has 100 valence electrons. The lowest BCUT2D eigenvalue weighted by Gasteiger charge is -2.32. The molecule has 0 aliphatic heterocycles. The summed E-state index contributed by atoms with van der Waals surface area (Å²) in [5, 5.41) is 14.5. The van der Waals surface area contributed by atoms with Gasteiger partial charge in [0.15, 0.2) is 0 Å². The third-order valence-corrected chi connectivity index (χ3v) is 3.99. The fraction of sp³-hybridized carbons (Fsp3) is 0.600. The Morgan fingerprint density at radius 2 is 1.78 bits per heavy atom. The molecular weight excluding hydrogens is 246 g/mol. The number of nitrogens with one attached hydrogen (secondary N) is 1. The lowest BCUT2D eigenvalue weighted by molar-refractivity contribution is 0.00517. The number of aliphatic hydroxyl groups is 1. The molecule has 1 aromatic rings. The summed E-state index contributed by atoms with van der Waals surface area (Å²) in [6, 6.07) is 7.95. The van der Waals surface area contributed by atoms with Gasteiger partial charge in [-0.25, -0.2) is 0 Å². The summed E-state index contributed by atoms with van der Waals surface area (Å²) in [6.45, 7) is 1.63. The lowest BCUT2D eigenvalue weighted by atomic mass is 9.85. The molecule has 2 N–H and O–H groups in total. The van der Waals surface area contributed by atoms with E-state index in [9.17, 15) is 5.11 Å². The van der Waals surface area contributed by atoms with Crippen LogP contribution in [0.5, 0.6) is 0 Å². The Kier molecular flexibility index (Phi) is 5.04. The minimum absolute atomic E-state index is 0.460. The highest BCUT2D eigenvalue weighted by Crippen LogP contribution is 2.27. The van der Waals surface area contributed by atoms with Crippen LogP contribution in [0.1, 0.15) is 37.7 Å². The Bertz CT molecular complexity index is 357. The van der Waals surface area contributed by atoms with Crippen molar-refractivity contribution in [3.8, 4) is 0 Å². The molecule has 1 aliphatic carbocycles. The average Bonchev–Trinajstić information content (AvgIpc) is 2.38. The highest BCUT2D eigenvalue weighted by Gasteiger charge is 2.28. The maximum Gasteiger partial charge on any atom is 0.0771 e. The molecule has 0 unspecified atom stereocenters. The summed E-state index contributed by atoms with van der Waals surface area (Å²) in [4.78, 5) is 0. The van der Waals surface area contributed by atoms with E-state index in [1.54, 1.807) is 0 Å². The predicted octanol–water partition coefficient (Wildman–Crippen LogP) is 3.17. The average molecular weight is 268 g/mol. The molecule has 0 amide bonds. The van der Waals surface area contributed by atoms with Gasteiger partial charge in [-0.3, -0.25) is 0 Å². The van der Waals surface area contributed by atoms with Gasteiger partial charge < -0.3 is 10.4 Å². The summed E-state index contributed by atoms with van der Waals surface area (Å²) >= 11 is 5.84. The van der Waals surface area contributed by atoms with Crippen LogP contribution in [0.15, 0.2) is 24.3 Å². The minimum Gasteiger partial charge on any atom is -0.389 e. The van der Waals surface area contributed by atoms with Gasteiger partial charge in [0.2, 0.25) is 0 Å². The van der Waals surface area contributed by atoms with Crippen LogP contribution in [0.25, 0.3) is 0 Å². The van der Waals surface area contributed by atoms with Crippen LogP contribution >= 0.6 is 11.6 Å². The molecule has 18 heavy (non-hydrogen) atoms. The van der Waals surface area contributed by atoms with Crippen molar-refractivity contribution < 1.29 is 5.11 Å². The van der Waals surface area contributed by atoms with E-state index in [0.717, 1.165) is 50.2 Å². The molecule has 1 saturated carbocycles. The Balaban J connectivity index is 1.67. The third-order valence-electron chi connectivity index (χ3n) is 3.74. The largest absolute Gasteiger partial charge is 0.389 e. The first-order valence-corrected chi connectivity index (χ1v) is 7.23. The second-order valence-corrected chi connectivity index (χ2v) is 5.77. The number of benzene rings is 1. The molecule has 0 aromatic heterocycles. The van der Waals surface area contributed by atoms with Crippen molar-refractivity contribution in [3.63, 3.8) is 0 Å². The fourth-order valence-corrected chi connectivity index (χ4v) is 2.72. The van der Waals surface area contributed by atoms with Crippen molar-refractivity contribution >= 4 is 11.6 Å². The van der Waals surface area contributed by atoms with E-state index in [1.165, 1.54) is 12.0 Å². The third kappa shape index (κ3) is 4.27. The Labute approximate surface area is 114 Å². The fourth-order valence-electron chi connectivity index (χ4n) is 2.59. The zero-order valence-electron chi connectivity index (χ0n) is 10.8. The van der Waals surface area contributed by atoms with E-state index >= 15 is 0 Å². The van der Waals surface area contributed by atoms with Crippen LogP contribution in [0.3, 0.4) is 0 Å². The first kappa shape index (κ1) is 13.9. The molecule has 3 heteroatoms. The van der Waals surface area contributed by atoms with Crippen LogP contribution in [0.4, 0.5) is 0 Å². The molecule has 0 radical (unpaired) electrons. The van der Waals surface area contributed by atoms with E-state index in [-0.39, 0.29) is 0 Å². The Hall–Kier alpha value is -0.570. The zero-order valence-corrected chi connectivity index (χ0v) is 11.5. The maximum absolute atomic E-state index is 10.3. The molecule has 1 aromatic carbocycles. The summed E-state index contributed by atoms with van der Waals surface area (Å²) in [7, 11) is 0. The van der Waals surface area contributed by atoms with Crippen LogP contribution in [-0.2, 0) is 6.42 Å². The maximum atomic E-state index is 10.3.